The molecule has 2 aromatic rings. The number of piperidine rings is 1. The van der Waals surface area contributed by atoms with Crippen LogP contribution < -0.4 is 14.8 Å². The molecule has 28 heavy (non-hydrogen) atoms. The van der Waals surface area contributed by atoms with Crippen molar-refractivity contribution in [3.63, 3.8) is 0 Å². The van der Waals surface area contributed by atoms with Gasteiger partial charge in [0.2, 0.25) is 0 Å². The van der Waals surface area contributed by atoms with Gasteiger partial charge in [0.1, 0.15) is 18.1 Å². The molecule has 1 aliphatic heterocycles. The molecule has 1 aliphatic rings. The molecule has 2 aromatic carbocycles. The second-order valence-corrected chi connectivity index (χ2v) is 7.48. The number of benzene rings is 2. The molecule has 1 fully saturated rings. The molecule has 0 aromatic heterocycles. The van der Waals surface area contributed by atoms with Gasteiger partial charge in [-0.3, -0.25) is 9.69 Å². The van der Waals surface area contributed by atoms with Gasteiger partial charge in [-0.1, -0.05) is 29.8 Å². The lowest BCUT2D eigenvalue weighted by Crippen LogP contribution is -2.46. The van der Waals surface area contributed by atoms with Gasteiger partial charge in [0.25, 0.3) is 5.91 Å². The van der Waals surface area contributed by atoms with Crippen LogP contribution in [0, 0.1) is 6.92 Å². The first-order valence-corrected chi connectivity index (χ1v) is 10.1. The Labute approximate surface area is 171 Å². The van der Waals surface area contributed by atoms with E-state index in [2.05, 4.69) is 10.2 Å². The molecule has 0 bridgehead atoms. The number of nitrogens with one attached hydrogen (secondary N) is 1. The Kier molecular flexibility index (Phi) is 7.57. The number of aryl methyl sites for hydroxylation is 1. The van der Waals surface area contributed by atoms with Crippen molar-refractivity contribution >= 4 is 17.5 Å². The van der Waals surface area contributed by atoms with E-state index < -0.39 is 0 Å². The first-order valence-electron chi connectivity index (χ1n) is 9.68. The van der Waals surface area contributed by atoms with E-state index in [9.17, 15) is 4.79 Å². The number of para-hydroxylation sites is 1. The van der Waals surface area contributed by atoms with Gasteiger partial charge in [0.05, 0.1) is 0 Å². The van der Waals surface area contributed by atoms with Crippen LogP contribution in [0.2, 0.25) is 5.02 Å². The topological polar surface area (TPSA) is 50.8 Å². The summed E-state index contributed by atoms with van der Waals surface area (Å²) in [5.74, 6) is 1.53. The van der Waals surface area contributed by atoms with Crippen LogP contribution in [-0.2, 0) is 4.79 Å². The number of nitrogens with zero attached hydrogens (tertiary/aromatic N) is 1. The number of likely N-dealkylation sites (tertiary alicyclic amines) is 1. The highest BCUT2D eigenvalue weighted by Gasteiger charge is 2.20. The summed E-state index contributed by atoms with van der Waals surface area (Å²) >= 11 is 5.87. The van der Waals surface area contributed by atoms with E-state index in [1.54, 1.807) is 0 Å². The lowest BCUT2D eigenvalue weighted by molar-refractivity contribution is -0.124. The van der Waals surface area contributed by atoms with Crippen molar-refractivity contribution in [2.75, 3.05) is 32.8 Å². The number of ether oxygens (including phenoxy) is 2. The summed E-state index contributed by atoms with van der Waals surface area (Å²) in [4.78, 5) is 14.5. The third-order valence-electron chi connectivity index (χ3n) is 4.89. The molecule has 1 amide bonds. The van der Waals surface area contributed by atoms with Crippen molar-refractivity contribution in [2.45, 2.75) is 25.8 Å². The number of carbonyl (C=O) groups excluding carboxylic acids is 1. The van der Waals surface area contributed by atoms with E-state index in [4.69, 9.17) is 21.1 Å². The number of carbonyl (C=O) groups is 1. The van der Waals surface area contributed by atoms with E-state index in [-0.39, 0.29) is 18.6 Å². The number of rotatable bonds is 8. The highest BCUT2D eigenvalue weighted by molar-refractivity contribution is 6.30. The summed E-state index contributed by atoms with van der Waals surface area (Å²) in [5.41, 5.74) is 1.03. The quantitative estimate of drug-likeness (QED) is 0.731. The second-order valence-electron chi connectivity index (χ2n) is 7.04. The number of hydrogen-bond donors (Lipinski definition) is 1. The Balaban J connectivity index is 1.31. The molecule has 1 saturated heterocycles. The zero-order valence-electron chi connectivity index (χ0n) is 16.2. The molecule has 150 valence electrons. The van der Waals surface area contributed by atoms with E-state index in [0.717, 1.165) is 49.5 Å². The van der Waals surface area contributed by atoms with Crippen molar-refractivity contribution in [3.05, 3.63) is 59.1 Å². The normalized spacial score (nSPS) is 15.2. The van der Waals surface area contributed by atoms with Crippen LogP contribution in [0.15, 0.2) is 48.5 Å². The van der Waals surface area contributed by atoms with Crippen LogP contribution in [0.3, 0.4) is 0 Å². The smallest absolute Gasteiger partial charge is 0.258 e. The molecule has 1 N–H and O–H groups in total. The number of hydrogen-bond acceptors (Lipinski definition) is 4. The minimum absolute atomic E-state index is 0.0556. The summed E-state index contributed by atoms with van der Waals surface area (Å²) < 4.78 is 11.4. The van der Waals surface area contributed by atoms with Gasteiger partial charge in [0.15, 0.2) is 6.61 Å². The molecule has 1 heterocycles. The van der Waals surface area contributed by atoms with Gasteiger partial charge in [-0.15, -0.1) is 0 Å². The Bertz CT molecular complexity index is 759. The predicted molar refractivity (Wildman–Crippen MR) is 111 cm³/mol. The van der Waals surface area contributed by atoms with E-state index in [0.29, 0.717) is 11.6 Å². The molecule has 0 spiro atoms. The maximum absolute atomic E-state index is 12.2. The fourth-order valence-electron chi connectivity index (χ4n) is 3.26. The third kappa shape index (κ3) is 6.43. The summed E-state index contributed by atoms with van der Waals surface area (Å²) in [6.07, 6.45) is 1.88. The molecule has 3 rings (SSSR count). The van der Waals surface area contributed by atoms with Crippen LogP contribution in [-0.4, -0.2) is 49.7 Å². The van der Waals surface area contributed by atoms with E-state index in [1.807, 2.05) is 55.5 Å². The third-order valence-corrected chi connectivity index (χ3v) is 5.15. The van der Waals surface area contributed by atoms with Gasteiger partial charge in [-0.25, -0.2) is 0 Å². The summed E-state index contributed by atoms with van der Waals surface area (Å²) in [6.45, 7) is 5.45. The fourth-order valence-corrected chi connectivity index (χ4v) is 3.38. The Morgan fingerprint density at radius 2 is 1.82 bits per heavy atom. The average Bonchev–Trinajstić information content (AvgIpc) is 2.70. The van der Waals surface area contributed by atoms with Crippen LogP contribution in [0.4, 0.5) is 0 Å². The Morgan fingerprint density at radius 3 is 2.54 bits per heavy atom. The zero-order chi connectivity index (χ0) is 19.8. The molecule has 0 radical (unpaired) electrons. The van der Waals surface area contributed by atoms with Crippen LogP contribution >= 0.6 is 11.6 Å². The molecule has 0 saturated carbocycles. The van der Waals surface area contributed by atoms with Crippen molar-refractivity contribution in [3.8, 4) is 11.5 Å². The second kappa shape index (κ2) is 10.3. The average molecular weight is 403 g/mol. The predicted octanol–water partition coefficient (Wildman–Crippen LogP) is 3.69. The highest BCUT2D eigenvalue weighted by Crippen LogP contribution is 2.17. The fraction of sp³-hybridized carbons (Fsp3) is 0.409. The molecule has 6 heteroatoms. The largest absolute Gasteiger partial charge is 0.492 e. The molecule has 0 aliphatic carbocycles. The minimum atomic E-state index is -0.0622. The van der Waals surface area contributed by atoms with E-state index in [1.165, 1.54) is 0 Å². The maximum atomic E-state index is 12.2. The lowest BCUT2D eigenvalue weighted by atomic mass is 10.1. The van der Waals surface area contributed by atoms with Crippen LogP contribution in [0.1, 0.15) is 18.4 Å². The van der Waals surface area contributed by atoms with Crippen LogP contribution in [0.5, 0.6) is 11.5 Å². The standard InChI is InChI=1S/C22H27ClN2O3/c1-17-4-2-3-5-21(17)28-16-22(26)24-19-10-12-25(13-11-19)14-15-27-20-8-6-18(23)7-9-20/h2-9,19H,10-16H2,1H3,(H,24,26). The van der Waals surface area contributed by atoms with Gasteiger partial charge >= 0.3 is 0 Å². The SMILES string of the molecule is Cc1ccccc1OCC(=O)NC1CCN(CCOc2ccc(Cl)cc2)CC1. The van der Waals surface area contributed by atoms with Crippen molar-refractivity contribution in [1.82, 2.24) is 10.2 Å². The molecular weight excluding hydrogens is 376 g/mol. The number of halogens is 1. The van der Waals surface area contributed by atoms with Crippen molar-refractivity contribution in [1.29, 1.82) is 0 Å². The Hall–Kier alpha value is -2.24. The van der Waals surface area contributed by atoms with Crippen molar-refractivity contribution < 1.29 is 14.3 Å². The zero-order valence-corrected chi connectivity index (χ0v) is 17.0. The monoisotopic (exact) mass is 402 g/mol. The van der Waals surface area contributed by atoms with Gasteiger partial charge < -0.3 is 14.8 Å². The first kappa shape index (κ1) is 20.5. The summed E-state index contributed by atoms with van der Waals surface area (Å²) in [5, 5.41) is 3.79. The molecule has 5 nitrogen and oxygen atoms in total. The van der Waals surface area contributed by atoms with Crippen LogP contribution in [0.25, 0.3) is 0 Å². The van der Waals surface area contributed by atoms with Gasteiger partial charge in [0, 0.05) is 30.7 Å². The lowest BCUT2D eigenvalue weighted by Gasteiger charge is -2.32. The molecule has 0 atom stereocenters. The molecular formula is C22H27ClN2O3. The summed E-state index contributed by atoms with van der Waals surface area (Å²) in [6, 6.07) is 15.3. The van der Waals surface area contributed by atoms with E-state index >= 15 is 0 Å². The molecule has 0 unspecified atom stereocenters. The number of amides is 1. The Morgan fingerprint density at radius 1 is 1.11 bits per heavy atom. The minimum Gasteiger partial charge on any atom is -0.492 e. The van der Waals surface area contributed by atoms with Gasteiger partial charge in [-0.05, 0) is 55.7 Å². The highest BCUT2D eigenvalue weighted by atomic mass is 35.5. The van der Waals surface area contributed by atoms with Gasteiger partial charge in [-0.2, -0.15) is 0 Å². The summed E-state index contributed by atoms with van der Waals surface area (Å²) in [7, 11) is 0. The first-order chi connectivity index (χ1) is 13.6. The maximum Gasteiger partial charge on any atom is 0.258 e. The van der Waals surface area contributed by atoms with Crippen molar-refractivity contribution in [2.24, 2.45) is 0 Å².